The van der Waals surface area contributed by atoms with Crippen LogP contribution in [-0.4, -0.2) is 13.1 Å². The topological polar surface area (TPSA) is 52.0 Å². The predicted octanol–water partition coefficient (Wildman–Crippen LogP) is -3.25. The summed E-state index contributed by atoms with van der Waals surface area (Å²) < 4.78 is 0. The number of rotatable bonds is 1. The maximum absolute atomic E-state index is 4.90. The normalized spacial score (nSPS) is 5.14. The summed E-state index contributed by atoms with van der Waals surface area (Å²) in [6.45, 7) is 6.19. The Morgan fingerprint density at radius 2 is 1.29 bits per heavy atom. The fourth-order valence-corrected chi connectivity index (χ4v) is 0. The molecule has 0 aliphatic carbocycles. The summed E-state index contributed by atoms with van der Waals surface area (Å²) >= 11 is 0. The van der Waals surface area contributed by atoms with Crippen LogP contribution in [0.15, 0.2) is 0 Å². The van der Waals surface area contributed by atoms with Crippen molar-refractivity contribution in [2.75, 3.05) is 13.1 Å². The Hall–Kier alpha value is 0.920. The summed E-state index contributed by atoms with van der Waals surface area (Å²) in [6, 6.07) is 0. The van der Waals surface area contributed by atoms with Crippen LogP contribution in [0.25, 0.3) is 0 Å². The van der Waals surface area contributed by atoms with Gasteiger partial charge in [0.1, 0.15) is 0 Å². The van der Waals surface area contributed by atoms with Crippen LogP contribution in [0.3, 0.4) is 0 Å². The summed E-state index contributed by atoms with van der Waals surface area (Å²) in [6.07, 6.45) is 0. The van der Waals surface area contributed by atoms with E-state index in [-0.39, 0.29) is 29.6 Å². The van der Waals surface area contributed by atoms with Gasteiger partial charge < -0.3 is 18.4 Å². The largest absolute Gasteiger partial charge is 1.00 e. The second-order valence-corrected chi connectivity index (χ2v) is 0.577. The van der Waals surface area contributed by atoms with Gasteiger partial charge in [-0.3, -0.25) is 0 Å². The van der Waals surface area contributed by atoms with E-state index >= 15 is 0 Å². The molecule has 0 radical (unpaired) electrons. The van der Waals surface area contributed by atoms with Crippen molar-refractivity contribution in [3.05, 3.63) is 6.92 Å². The summed E-state index contributed by atoms with van der Waals surface area (Å²) in [5.41, 5.74) is 9.81. The van der Waals surface area contributed by atoms with E-state index in [4.69, 9.17) is 11.5 Å². The Bertz CT molecular complexity index is 11.7. The monoisotopic (exact) mass is 112 g/mol. The van der Waals surface area contributed by atoms with E-state index in [9.17, 15) is 0 Å². The van der Waals surface area contributed by atoms with Gasteiger partial charge in [0, 0.05) is 13.1 Å². The molecule has 0 aliphatic rings. The zero-order chi connectivity index (χ0) is 5.41. The van der Waals surface area contributed by atoms with Gasteiger partial charge in [0.05, 0.1) is 0 Å². The predicted molar refractivity (Wildman–Crippen MR) is 29.1 cm³/mol. The van der Waals surface area contributed by atoms with Gasteiger partial charge in [-0.05, 0) is 0 Å². The second kappa shape index (κ2) is 28.4. The molecule has 0 saturated heterocycles. The van der Waals surface area contributed by atoms with Gasteiger partial charge in [0.15, 0.2) is 0 Å². The third kappa shape index (κ3) is 45.4. The molecule has 0 aliphatic heterocycles. The van der Waals surface area contributed by atoms with Gasteiger partial charge in [-0.1, -0.05) is 0 Å². The quantitative estimate of drug-likeness (QED) is 0.276. The van der Waals surface area contributed by atoms with E-state index in [2.05, 4.69) is 6.92 Å². The Balaban J connectivity index is -0.0000000480. The van der Waals surface area contributed by atoms with Crippen LogP contribution in [-0.2, 0) is 0 Å². The van der Waals surface area contributed by atoms with Crippen LogP contribution in [0.5, 0.6) is 0 Å². The smallest absolute Gasteiger partial charge is 0.346 e. The Kier molecular flexibility index (Phi) is 63.7. The van der Waals surface area contributed by atoms with E-state index in [0.717, 1.165) is 0 Å². The first-order chi connectivity index (χ1) is 2.91. The Morgan fingerprint density at radius 3 is 1.29 bits per heavy atom. The molecule has 0 unspecified atom stereocenters. The van der Waals surface area contributed by atoms with Crippen LogP contribution >= 0.6 is 0 Å². The van der Waals surface area contributed by atoms with Gasteiger partial charge in [0.2, 0.25) is 0 Å². The number of hydrogen-bond acceptors (Lipinski definition) is 2. The van der Waals surface area contributed by atoms with Gasteiger partial charge in [-0.2, -0.15) is 6.92 Å². The second-order valence-electron chi connectivity index (χ2n) is 0.577. The summed E-state index contributed by atoms with van der Waals surface area (Å²) in [4.78, 5) is 0. The first kappa shape index (κ1) is 15.7. The standard InChI is InChI=1S/C2H8N2.C2H5.Na/c3-1-2-4;1-2;/h1-4H2;1H2,2H3;/q;-1;+1. The molecule has 3 heteroatoms. The third-order valence-electron chi connectivity index (χ3n) is 0.167. The first-order valence-corrected chi connectivity index (χ1v) is 2.02. The number of hydrogen-bond donors (Lipinski definition) is 2. The molecule has 0 amide bonds. The first-order valence-electron chi connectivity index (χ1n) is 2.02. The van der Waals surface area contributed by atoms with Gasteiger partial charge in [-0.25, -0.2) is 0 Å². The molecule has 0 aromatic rings. The summed E-state index contributed by atoms with van der Waals surface area (Å²) in [5.74, 6) is 0. The van der Waals surface area contributed by atoms with Crippen molar-refractivity contribution in [1.82, 2.24) is 0 Å². The minimum absolute atomic E-state index is 0. The van der Waals surface area contributed by atoms with Crippen LogP contribution in [0.2, 0.25) is 0 Å². The molecule has 0 aromatic carbocycles. The molecule has 40 valence electrons. The Morgan fingerprint density at radius 1 is 1.14 bits per heavy atom. The molecule has 0 saturated carbocycles. The molecule has 0 fully saturated rings. The summed E-state index contributed by atoms with van der Waals surface area (Å²) in [7, 11) is 0. The van der Waals surface area contributed by atoms with Crippen LogP contribution in [0.1, 0.15) is 6.92 Å². The van der Waals surface area contributed by atoms with Crippen molar-refractivity contribution < 1.29 is 29.6 Å². The van der Waals surface area contributed by atoms with Crippen LogP contribution < -0.4 is 41.0 Å². The zero-order valence-electron chi connectivity index (χ0n) is 5.28. The van der Waals surface area contributed by atoms with E-state index < -0.39 is 0 Å². The molecule has 0 aromatic heterocycles. The van der Waals surface area contributed by atoms with Crippen molar-refractivity contribution >= 4 is 0 Å². The molecule has 0 atom stereocenters. The third-order valence-corrected chi connectivity index (χ3v) is 0.167. The van der Waals surface area contributed by atoms with E-state index in [0.29, 0.717) is 13.1 Å². The molecule has 4 N–H and O–H groups in total. The zero-order valence-corrected chi connectivity index (χ0v) is 7.28. The Labute approximate surface area is 67.9 Å². The van der Waals surface area contributed by atoms with E-state index in [1.165, 1.54) is 0 Å². The molecule has 0 spiro atoms. The molecular formula is C4H13N2Na. The average molecular weight is 112 g/mol. The van der Waals surface area contributed by atoms with Crippen LogP contribution in [0, 0.1) is 6.92 Å². The SMILES string of the molecule is NCCN.[CH2-]C.[Na+]. The fraction of sp³-hybridized carbons (Fsp3) is 0.750. The van der Waals surface area contributed by atoms with E-state index in [1.54, 1.807) is 6.92 Å². The molecular weight excluding hydrogens is 99.0 g/mol. The van der Waals surface area contributed by atoms with Crippen LogP contribution in [0.4, 0.5) is 0 Å². The van der Waals surface area contributed by atoms with Gasteiger partial charge in [0.25, 0.3) is 0 Å². The maximum Gasteiger partial charge on any atom is 1.00 e. The van der Waals surface area contributed by atoms with Crippen molar-refractivity contribution in [3.8, 4) is 0 Å². The molecule has 7 heavy (non-hydrogen) atoms. The summed E-state index contributed by atoms with van der Waals surface area (Å²) in [5, 5.41) is 0. The minimum atomic E-state index is 0. The van der Waals surface area contributed by atoms with Gasteiger partial charge in [-0.15, -0.1) is 0 Å². The van der Waals surface area contributed by atoms with Crippen molar-refractivity contribution in [2.45, 2.75) is 6.92 Å². The van der Waals surface area contributed by atoms with Crippen molar-refractivity contribution in [2.24, 2.45) is 11.5 Å². The average Bonchev–Trinajstić information content (AvgIpc) is 1.72. The molecule has 0 rings (SSSR count). The number of nitrogens with two attached hydrogens (primary N) is 2. The van der Waals surface area contributed by atoms with E-state index in [1.807, 2.05) is 0 Å². The van der Waals surface area contributed by atoms with Crippen molar-refractivity contribution in [3.63, 3.8) is 0 Å². The fourth-order valence-electron chi connectivity index (χ4n) is 0. The van der Waals surface area contributed by atoms with Crippen molar-refractivity contribution in [1.29, 1.82) is 0 Å². The molecule has 2 nitrogen and oxygen atoms in total. The van der Waals surface area contributed by atoms with Gasteiger partial charge >= 0.3 is 29.6 Å². The minimum Gasteiger partial charge on any atom is -0.346 e. The maximum atomic E-state index is 4.90. The molecule has 0 bridgehead atoms. The molecule has 0 heterocycles.